The molecule has 0 amide bonds. The fourth-order valence-corrected chi connectivity index (χ4v) is 2.65. The average molecular weight is 348 g/mol. The van der Waals surface area contributed by atoms with Crippen LogP contribution in [0.25, 0.3) is 0 Å². The number of aliphatic hydroxyl groups is 3. The van der Waals surface area contributed by atoms with Gasteiger partial charge in [-0.1, -0.05) is 41.5 Å². The van der Waals surface area contributed by atoms with Gasteiger partial charge in [-0.25, -0.2) is 0 Å². The lowest BCUT2D eigenvalue weighted by Gasteiger charge is -2.45. The van der Waals surface area contributed by atoms with Gasteiger partial charge in [0.05, 0.1) is 0 Å². The Kier molecular flexibility index (Phi) is 9.12. The molecule has 0 aliphatic heterocycles. The summed E-state index contributed by atoms with van der Waals surface area (Å²) < 4.78 is 17.6. The van der Waals surface area contributed by atoms with Gasteiger partial charge in [0.2, 0.25) is 0 Å². The van der Waals surface area contributed by atoms with Crippen molar-refractivity contribution in [3.63, 3.8) is 0 Å². The summed E-state index contributed by atoms with van der Waals surface area (Å²) in [6.45, 7) is 13.4. The van der Waals surface area contributed by atoms with E-state index >= 15 is 0 Å². The molecule has 0 bridgehead atoms. The maximum Gasteiger partial charge on any atom is 0.115 e. The van der Waals surface area contributed by atoms with Crippen molar-refractivity contribution in [2.75, 3.05) is 19.8 Å². The molecular formula is C18H36O6. The highest BCUT2D eigenvalue weighted by molar-refractivity contribution is 5.01. The highest BCUT2D eigenvalue weighted by atomic mass is 16.6. The maximum absolute atomic E-state index is 10.4. The first-order valence-electron chi connectivity index (χ1n) is 9.04. The summed E-state index contributed by atoms with van der Waals surface area (Å²) in [6, 6.07) is 0. The zero-order valence-electron chi connectivity index (χ0n) is 15.9. The summed E-state index contributed by atoms with van der Waals surface area (Å²) in [5.41, 5.74) is 0. The number of ether oxygens (including phenoxy) is 3. The lowest BCUT2D eigenvalue weighted by atomic mass is 9.84. The van der Waals surface area contributed by atoms with Gasteiger partial charge in [-0.3, -0.25) is 0 Å². The SMILES string of the molecule is CC(C)CO[C@H]1[C@H](OCC(C)C)[C@H](O)[C@H](O)[C@@H](O)[C@@H]1OCC(C)C. The monoisotopic (exact) mass is 348 g/mol. The highest BCUT2D eigenvalue weighted by Crippen LogP contribution is 2.29. The fraction of sp³-hybridized carbons (Fsp3) is 1.00. The van der Waals surface area contributed by atoms with Crippen molar-refractivity contribution in [3.8, 4) is 0 Å². The van der Waals surface area contributed by atoms with Crippen LogP contribution in [0.1, 0.15) is 41.5 Å². The van der Waals surface area contributed by atoms with E-state index in [-0.39, 0.29) is 11.8 Å². The summed E-state index contributed by atoms with van der Waals surface area (Å²) >= 11 is 0. The van der Waals surface area contributed by atoms with Crippen LogP contribution in [-0.4, -0.2) is 71.8 Å². The van der Waals surface area contributed by atoms with Crippen LogP contribution in [0.5, 0.6) is 0 Å². The van der Waals surface area contributed by atoms with Gasteiger partial charge in [0, 0.05) is 19.8 Å². The zero-order chi connectivity index (χ0) is 18.4. The van der Waals surface area contributed by atoms with Gasteiger partial charge >= 0.3 is 0 Å². The van der Waals surface area contributed by atoms with Crippen molar-refractivity contribution in [2.45, 2.75) is 78.2 Å². The molecule has 0 aromatic heterocycles. The van der Waals surface area contributed by atoms with Crippen LogP contribution >= 0.6 is 0 Å². The molecule has 0 spiro atoms. The smallest absolute Gasteiger partial charge is 0.115 e. The minimum Gasteiger partial charge on any atom is -0.387 e. The van der Waals surface area contributed by atoms with E-state index in [9.17, 15) is 15.3 Å². The topological polar surface area (TPSA) is 88.4 Å². The Morgan fingerprint density at radius 2 is 0.833 bits per heavy atom. The normalized spacial score (nSPS) is 34.5. The second-order valence-electron chi connectivity index (χ2n) is 8.05. The number of aliphatic hydroxyl groups excluding tert-OH is 3. The molecule has 24 heavy (non-hydrogen) atoms. The van der Waals surface area contributed by atoms with E-state index < -0.39 is 36.6 Å². The molecule has 0 saturated heterocycles. The van der Waals surface area contributed by atoms with Crippen LogP contribution in [0.2, 0.25) is 0 Å². The standard InChI is InChI=1S/C18H36O6/c1-10(2)7-22-16-14(20)13(19)15(21)17(23-8-11(3)4)18(16)24-9-12(5)6/h10-21H,7-9H2,1-6H3/t13-,14-,15-,16+,17-,18-/m1/s1. The Hall–Kier alpha value is -0.240. The molecule has 1 rings (SSSR count). The maximum atomic E-state index is 10.4. The van der Waals surface area contributed by atoms with Gasteiger partial charge in [0.15, 0.2) is 0 Å². The van der Waals surface area contributed by atoms with Crippen molar-refractivity contribution in [1.29, 1.82) is 0 Å². The van der Waals surface area contributed by atoms with Crippen molar-refractivity contribution < 1.29 is 29.5 Å². The largest absolute Gasteiger partial charge is 0.387 e. The number of rotatable bonds is 9. The van der Waals surface area contributed by atoms with Gasteiger partial charge in [-0.15, -0.1) is 0 Å². The molecular weight excluding hydrogens is 312 g/mol. The molecule has 0 aromatic rings. The molecule has 6 nitrogen and oxygen atoms in total. The van der Waals surface area contributed by atoms with E-state index in [0.717, 1.165) is 0 Å². The van der Waals surface area contributed by atoms with Crippen molar-refractivity contribution in [1.82, 2.24) is 0 Å². The summed E-state index contributed by atoms with van der Waals surface area (Å²) in [4.78, 5) is 0. The van der Waals surface area contributed by atoms with Gasteiger partial charge in [-0.2, -0.15) is 0 Å². The third-order valence-electron chi connectivity index (χ3n) is 3.89. The van der Waals surface area contributed by atoms with E-state index in [0.29, 0.717) is 25.7 Å². The number of hydrogen-bond donors (Lipinski definition) is 3. The molecule has 1 saturated carbocycles. The molecule has 144 valence electrons. The summed E-state index contributed by atoms with van der Waals surface area (Å²) in [6.07, 6.45) is -5.84. The lowest BCUT2D eigenvalue weighted by molar-refractivity contribution is -0.260. The first kappa shape index (κ1) is 21.8. The van der Waals surface area contributed by atoms with Crippen LogP contribution in [0, 0.1) is 17.8 Å². The summed E-state index contributed by atoms with van der Waals surface area (Å²) in [7, 11) is 0. The van der Waals surface area contributed by atoms with E-state index in [1.54, 1.807) is 0 Å². The Morgan fingerprint density at radius 3 is 1.12 bits per heavy atom. The molecule has 1 aliphatic rings. The Labute approximate surface area is 146 Å². The van der Waals surface area contributed by atoms with Crippen LogP contribution < -0.4 is 0 Å². The Morgan fingerprint density at radius 1 is 0.542 bits per heavy atom. The van der Waals surface area contributed by atoms with Gasteiger partial charge in [0.1, 0.15) is 36.6 Å². The van der Waals surface area contributed by atoms with Crippen molar-refractivity contribution >= 4 is 0 Å². The van der Waals surface area contributed by atoms with Crippen LogP contribution in [0.15, 0.2) is 0 Å². The minimum atomic E-state index is -1.32. The quantitative estimate of drug-likeness (QED) is 0.580. The van der Waals surface area contributed by atoms with E-state index in [1.807, 2.05) is 41.5 Å². The van der Waals surface area contributed by atoms with E-state index in [4.69, 9.17) is 14.2 Å². The van der Waals surface area contributed by atoms with Crippen molar-refractivity contribution in [3.05, 3.63) is 0 Å². The van der Waals surface area contributed by atoms with Crippen molar-refractivity contribution in [2.24, 2.45) is 17.8 Å². The molecule has 1 fully saturated rings. The Balaban J connectivity index is 2.95. The lowest BCUT2D eigenvalue weighted by Crippen LogP contribution is -2.66. The molecule has 0 radical (unpaired) electrons. The third-order valence-corrected chi connectivity index (χ3v) is 3.89. The second-order valence-corrected chi connectivity index (χ2v) is 8.05. The summed E-state index contributed by atoms with van der Waals surface area (Å²) in [5.74, 6) is 0.853. The third kappa shape index (κ3) is 6.24. The minimum absolute atomic E-state index is 0.280. The summed E-state index contributed by atoms with van der Waals surface area (Å²) in [5, 5.41) is 31.0. The molecule has 1 aliphatic carbocycles. The molecule has 0 heterocycles. The first-order valence-corrected chi connectivity index (χ1v) is 9.04. The van der Waals surface area contributed by atoms with Crippen LogP contribution in [0.3, 0.4) is 0 Å². The zero-order valence-corrected chi connectivity index (χ0v) is 15.9. The van der Waals surface area contributed by atoms with Gasteiger partial charge in [0.25, 0.3) is 0 Å². The van der Waals surface area contributed by atoms with E-state index in [1.165, 1.54) is 0 Å². The number of hydrogen-bond acceptors (Lipinski definition) is 6. The molecule has 6 heteroatoms. The average Bonchev–Trinajstić information content (AvgIpc) is 2.48. The fourth-order valence-electron chi connectivity index (χ4n) is 2.65. The first-order chi connectivity index (χ1) is 11.1. The molecule has 0 unspecified atom stereocenters. The van der Waals surface area contributed by atoms with E-state index in [2.05, 4.69) is 0 Å². The molecule has 0 aromatic carbocycles. The van der Waals surface area contributed by atoms with Gasteiger partial charge < -0.3 is 29.5 Å². The second kappa shape index (κ2) is 10.0. The van der Waals surface area contributed by atoms with Crippen LogP contribution in [0.4, 0.5) is 0 Å². The highest BCUT2D eigenvalue weighted by Gasteiger charge is 2.51. The Bertz CT molecular complexity index is 320. The predicted molar refractivity (Wildman–Crippen MR) is 91.8 cm³/mol. The molecule has 6 atom stereocenters. The van der Waals surface area contributed by atoms with Crippen LogP contribution in [-0.2, 0) is 14.2 Å². The van der Waals surface area contributed by atoms with Gasteiger partial charge in [-0.05, 0) is 17.8 Å². The predicted octanol–water partition coefficient (Wildman–Crippen LogP) is 1.21. The molecule has 3 N–H and O–H groups in total.